The van der Waals surface area contributed by atoms with Crippen LogP contribution in [0.1, 0.15) is 34.3 Å². The maximum Gasteiger partial charge on any atom is 0.251 e. The fourth-order valence-electron chi connectivity index (χ4n) is 3.38. The summed E-state index contributed by atoms with van der Waals surface area (Å²) in [6.07, 6.45) is 1.44. The van der Waals surface area contributed by atoms with Gasteiger partial charge in [-0.1, -0.05) is 35.9 Å². The lowest BCUT2D eigenvalue weighted by atomic mass is 10.1. The van der Waals surface area contributed by atoms with E-state index in [-0.39, 0.29) is 23.4 Å². The zero-order valence-electron chi connectivity index (χ0n) is 15.4. The third-order valence-corrected chi connectivity index (χ3v) is 7.36. The predicted octanol–water partition coefficient (Wildman–Crippen LogP) is 3.54. The fraction of sp³-hybridized carbons (Fsp3) is 0.350. The molecule has 1 N–H and O–H groups in total. The molecule has 1 atom stereocenters. The maximum atomic E-state index is 13.1. The summed E-state index contributed by atoms with van der Waals surface area (Å²) >= 11 is 6.10. The standard InChI is InChI=1S/C20H23ClN2O3S/c1-14-7-3-4-9-17(14)20(24)22-16-8-6-12-23(13-16)27(25,26)19-11-5-10-18(21)15(19)2/h3-5,7,9-11,16H,6,8,12-13H2,1-2H3,(H,22,24). The van der Waals surface area contributed by atoms with E-state index < -0.39 is 10.0 Å². The van der Waals surface area contributed by atoms with Gasteiger partial charge < -0.3 is 5.32 Å². The van der Waals surface area contributed by atoms with Crippen molar-refractivity contribution in [2.75, 3.05) is 13.1 Å². The molecule has 1 aliphatic heterocycles. The molecule has 0 radical (unpaired) electrons. The molecule has 2 aromatic rings. The first-order chi connectivity index (χ1) is 12.8. The summed E-state index contributed by atoms with van der Waals surface area (Å²) in [6, 6.07) is 12.0. The highest BCUT2D eigenvalue weighted by atomic mass is 35.5. The van der Waals surface area contributed by atoms with Crippen LogP contribution in [0.25, 0.3) is 0 Å². The Kier molecular flexibility index (Phi) is 5.89. The van der Waals surface area contributed by atoms with E-state index in [0.29, 0.717) is 29.1 Å². The maximum absolute atomic E-state index is 13.1. The largest absolute Gasteiger partial charge is 0.348 e. The van der Waals surface area contributed by atoms with E-state index in [9.17, 15) is 13.2 Å². The van der Waals surface area contributed by atoms with Gasteiger partial charge in [-0.2, -0.15) is 4.31 Å². The second-order valence-corrected chi connectivity index (χ2v) is 9.17. The normalized spacial score (nSPS) is 18.3. The zero-order chi connectivity index (χ0) is 19.6. The first-order valence-electron chi connectivity index (χ1n) is 8.92. The molecule has 1 amide bonds. The van der Waals surface area contributed by atoms with E-state index in [4.69, 9.17) is 11.6 Å². The van der Waals surface area contributed by atoms with Crippen molar-refractivity contribution in [3.8, 4) is 0 Å². The SMILES string of the molecule is Cc1ccccc1C(=O)NC1CCCN(S(=O)(=O)c2cccc(Cl)c2C)C1. The highest BCUT2D eigenvalue weighted by Gasteiger charge is 2.32. The van der Waals surface area contributed by atoms with Crippen molar-refractivity contribution >= 4 is 27.5 Å². The molecule has 0 aliphatic carbocycles. The van der Waals surface area contributed by atoms with Crippen LogP contribution in [0.3, 0.4) is 0 Å². The molecule has 1 unspecified atom stereocenters. The third-order valence-electron chi connectivity index (χ3n) is 4.94. The van der Waals surface area contributed by atoms with E-state index in [1.54, 1.807) is 31.2 Å². The predicted molar refractivity (Wildman–Crippen MR) is 107 cm³/mol. The van der Waals surface area contributed by atoms with Gasteiger partial charge in [0.15, 0.2) is 0 Å². The number of sulfonamides is 1. The van der Waals surface area contributed by atoms with Crippen LogP contribution in [0.5, 0.6) is 0 Å². The van der Waals surface area contributed by atoms with Crippen LogP contribution in [-0.4, -0.2) is 37.8 Å². The van der Waals surface area contributed by atoms with Crippen molar-refractivity contribution in [1.29, 1.82) is 0 Å². The number of carbonyl (C=O) groups excluding carboxylic acids is 1. The average molecular weight is 407 g/mol. The van der Waals surface area contributed by atoms with Gasteiger partial charge >= 0.3 is 0 Å². The number of carbonyl (C=O) groups is 1. The van der Waals surface area contributed by atoms with Crippen molar-refractivity contribution in [1.82, 2.24) is 9.62 Å². The second kappa shape index (κ2) is 8.00. The number of aryl methyl sites for hydroxylation is 1. The molecule has 1 saturated heterocycles. The number of nitrogens with zero attached hydrogens (tertiary/aromatic N) is 1. The first kappa shape index (κ1) is 19.9. The average Bonchev–Trinajstić information content (AvgIpc) is 2.64. The molecule has 27 heavy (non-hydrogen) atoms. The molecule has 5 nitrogen and oxygen atoms in total. The lowest BCUT2D eigenvalue weighted by molar-refractivity contribution is 0.0920. The van der Waals surface area contributed by atoms with Crippen LogP contribution in [0.4, 0.5) is 0 Å². The Morgan fingerprint density at radius 2 is 1.89 bits per heavy atom. The van der Waals surface area contributed by atoms with Crippen molar-refractivity contribution in [2.24, 2.45) is 0 Å². The summed E-state index contributed by atoms with van der Waals surface area (Å²) in [5, 5.41) is 3.41. The summed E-state index contributed by atoms with van der Waals surface area (Å²) in [7, 11) is -3.66. The minimum atomic E-state index is -3.66. The van der Waals surface area contributed by atoms with Gasteiger partial charge in [0.2, 0.25) is 10.0 Å². The molecule has 0 bridgehead atoms. The highest BCUT2D eigenvalue weighted by Crippen LogP contribution is 2.27. The zero-order valence-corrected chi connectivity index (χ0v) is 17.0. The van der Waals surface area contributed by atoms with E-state index in [1.807, 2.05) is 25.1 Å². The number of benzene rings is 2. The number of nitrogens with one attached hydrogen (secondary N) is 1. The Morgan fingerprint density at radius 3 is 2.63 bits per heavy atom. The molecule has 1 aliphatic rings. The molecule has 0 saturated carbocycles. The van der Waals surface area contributed by atoms with Gasteiger partial charge in [-0.3, -0.25) is 4.79 Å². The van der Waals surface area contributed by atoms with Gasteiger partial charge in [0, 0.05) is 29.7 Å². The van der Waals surface area contributed by atoms with Crippen LogP contribution in [0.15, 0.2) is 47.4 Å². The van der Waals surface area contributed by atoms with E-state index in [1.165, 1.54) is 4.31 Å². The number of rotatable bonds is 4. The van der Waals surface area contributed by atoms with Crippen LogP contribution in [0.2, 0.25) is 5.02 Å². The number of hydrogen-bond donors (Lipinski definition) is 1. The van der Waals surface area contributed by atoms with Crippen LogP contribution in [0, 0.1) is 13.8 Å². The number of piperidine rings is 1. The Hall–Kier alpha value is -1.89. The Morgan fingerprint density at radius 1 is 1.15 bits per heavy atom. The lowest BCUT2D eigenvalue weighted by Gasteiger charge is -2.32. The minimum absolute atomic E-state index is 0.170. The molecule has 3 rings (SSSR count). The highest BCUT2D eigenvalue weighted by molar-refractivity contribution is 7.89. The lowest BCUT2D eigenvalue weighted by Crippen LogP contribution is -2.49. The number of halogens is 1. The number of hydrogen-bond acceptors (Lipinski definition) is 3. The fourth-order valence-corrected chi connectivity index (χ4v) is 5.38. The quantitative estimate of drug-likeness (QED) is 0.844. The Labute approximate surface area is 165 Å². The Bertz CT molecular complexity index is 959. The molecule has 0 aromatic heterocycles. The van der Waals surface area contributed by atoms with E-state index in [0.717, 1.165) is 12.0 Å². The van der Waals surface area contributed by atoms with Crippen molar-refractivity contribution < 1.29 is 13.2 Å². The smallest absolute Gasteiger partial charge is 0.251 e. The summed E-state index contributed by atoms with van der Waals surface area (Å²) in [6.45, 7) is 4.28. The molecule has 1 fully saturated rings. The Balaban J connectivity index is 1.77. The van der Waals surface area contributed by atoms with E-state index >= 15 is 0 Å². The molecule has 0 spiro atoms. The summed E-state index contributed by atoms with van der Waals surface area (Å²) < 4.78 is 27.6. The van der Waals surface area contributed by atoms with Gasteiger partial charge in [-0.05, 0) is 56.0 Å². The van der Waals surface area contributed by atoms with Crippen LogP contribution in [-0.2, 0) is 10.0 Å². The molecule has 144 valence electrons. The van der Waals surface area contributed by atoms with Crippen molar-refractivity contribution in [3.63, 3.8) is 0 Å². The third kappa shape index (κ3) is 4.18. The monoisotopic (exact) mass is 406 g/mol. The van der Waals surface area contributed by atoms with E-state index in [2.05, 4.69) is 5.32 Å². The van der Waals surface area contributed by atoms with Gasteiger partial charge in [0.05, 0.1) is 4.90 Å². The molecular formula is C20H23ClN2O3S. The first-order valence-corrected chi connectivity index (χ1v) is 10.7. The summed E-state index contributed by atoms with van der Waals surface area (Å²) in [5.41, 5.74) is 2.05. The topological polar surface area (TPSA) is 66.5 Å². The minimum Gasteiger partial charge on any atom is -0.348 e. The number of amides is 1. The molecular weight excluding hydrogens is 384 g/mol. The van der Waals surface area contributed by atoms with Gasteiger partial charge in [-0.15, -0.1) is 0 Å². The molecule has 7 heteroatoms. The second-order valence-electron chi connectivity index (χ2n) is 6.85. The van der Waals surface area contributed by atoms with Gasteiger partial charge in [0.1, 0.15) is 0 Å². The molecule has 2 aromatic carbocycles. The van der Waals surface area contributed by atoms with Crippen LogP contribution >= 0.6 is 11.6 Å². The van der Waals surface area contributed by atoms with Crippen molar-refractivity contribution in [3.05, 3.63) is 64.2 Å². The van der Waals surface area contributed by atoms with Gasteiger partial charge in [-0.25, -0.2) is 8.42 Å². The van der Waals surface area contributed by atoms with Crippen LogP contribution < -0.4 is 5.32 Å². The summed E-state index contributed by atoms with van der Waals surface area (Å²) in [5.74, 6) is -0.170. The summed E-state index contributed by atoms with van der Waals surface area (Å²) in [4.78, 5) is 12.8. The van der Waals surface area contributed by atoms with Gasteiger partial charge in [0.25, 0.3) is 5.91 Å². The molecule has 1 heterocycles. The van der Waals surface area contributed by atoms with Crippen molar-refractivity contribution in [2.45, 2.75) is 37.6 Å².